The summed E-state index contributed by atoms with van der Waals surface area (Å²) in [6.45, 7) is 2.88. The number of nitrogens with zero attached hydrogens (tertiary/aromatic N) is 3. The van der Waals surface area contributed by atoms with Crippen molar-refractivity contribution in [3.8, 4) is 0 Å². The maximum atomic E-state index is 11.5. The average molecular weight is 231 g/mol. The Morgan fingerprint density at radius 1 is 1.12 bits per heavy atom. The molecule has 0 spiro atoms. The first kappa shape index (κ1) is 11.3. The zero-order valence-corrected chi connectivity index (χ0v) is 9.70. The fourth-order valence-electron chi connectivity index (χ4n) is 1.79. The van der Waals surface area contributed by atoms with Crippen molar-refractivity contribution >= 4 is 18.2 Å². The molecule has 0 fully saturated rings. The summed E-state index contributed by atoms with van der Waals surface area (Å²) in [7, 11) is 0. The number of hydrogen-bond donors (Lipinski definition) is 0. The number of hydrogen-bond acceptors (Lipinski definition) is 3. The number of rotatable bonds is 1. The van der Waals surface area contributed by atoms with Crippen LogP contribution in [-0.4, -0.2) is 28.1 Å². The van der Waals surface area contributed by atoms with Crippen LogP contribution in [0.3, 0.4) is 0 Å². The molecule has 1 heterocycles. The fourth-order valence-corrected chi connectivity index (χ4v) is 1.79. The molecular formula is C12H13N3O2. The average Bonchev–Trinajstić information content (AvgIpc) is 2.74. The van der Waals surface area contributed by atoms with Gasteiger partial charge in [-0.3, -0.25) is 14.5 Å². The monoisotopic (exact) mass is 231 g/mol. The highest BCUT2D eigenvalue weighted by atomic mass is 16.2. The maximum Gasteiger partial charge on any atom is 0.241 e. The molecule has 0 bridgehead atoms. The van der Waals surface area contributed by atoms with Crippen LogP contribution < -0.4 is 0 Å². The molecule has 1 aromatic rings. The predicted octanol–water partition coefficient (Wildman–Crippen LogP) is 1.34. The van der Waals surface area contributed by atoms with Gasteiger partial charge in [-0.25, -0.2) is 5.01 Å². The van der Waals surface area contributed by atoms with Crippen molar-refractivity contribution in [2.24, 2.45) is 5.10 Å². The number of benzene rings is 1. The molecule has 88 valence electrons. The van der Waals surface area contributed by atoms with E-state index in [1.807, 2.05) is 30.3 Å². The summed E-state index contributed by atoms with van der Waals surface area (Å²) in [5, 5.41) is 5.26. The van der Waals surface area contributed by atoms with Gasteiger partial charge in [0.2, 0.25) is 11.8 Å². The standard InChI is InChI=1S/C12H13N3O2/c1-9(16)14-8-13-15(10(2)17)12(14)11-6-4-3-5-7-11/h3-8,12H,1-2H3. The zero-order valence-electron chi connectivity index (χ0n) is 9.70. The van der Waals surface area contributed by atoms with Gasteiger partial charge in [0.05, 0.1) is 0 Å². The van der Waals surface area contributed by atoms with Crippen molar-refractivity contribution < 1.29 is 9.59 Å². The van der Waals surface area contributed by atoms with E-state index >= 15 is 0 Å². The second kappa shape index (κ2) is 4.37. The molecule has 0 radical (unpaired) electrons. The topological polar surface area (TPSA) is 53.0 Å². The van der Waals surface area contributed by atoms with Crippen molar-refractivity contribution in [3.63, 3.8) is 0 Å². The predicted molar refractivity (Wildman–Crippen MR) is 62.7 cm³/mol. The Morgan fingerprint density at radius 2 is 1.76 bits per heavy atom. The van der Waals surface area contributed by atoms with Crippen LogP contribution in [0.25, 0.3) is 0 Å². The molecule has 5 heteroatoms. The summed E-state index contributed by atoms with van der Waals surface area (Å²) >= 11 is 0. The SMILES string of the molecule is CC(=O)N1C=NN(C(C)=O)C1c1ccccc1. The Hall–Kier alpha value is -2.17. The van der Waals surface area contributed by atoms with Gasteiger partial charge in [-0.05, 0) is 5.56 Å². The van der Waals surface area contributed by atoms with Crippen molar-refractivity contribution in [1.29, 1.82) is 0 Å². The molecule has 0 aliphatic carbocycles. The molecule has 0 N–H and O–H groups in total. The molecule has 0 saturated carbocycles. The molecule has 5 nitrogen and oxygen atoms in total. The molecule has 1 aromatic carbocycles. The molecule has 17 heavy (non-hydrogen) atoms. The van der Waals surface area contributed by atoms with E-state index < -0.39 is 6.17 Å². The van der Waals surface area contributed by atoms with Gasteiger partial charge in [0, 0.05) is 13.8 Å². The molecule has 1 unspecified atom stereocenters. The van der Waals surface area contributed by atoms with Crippen LogP contribution in [0.1, 0.15) is 25.6 Å². The second-order valence-electron chi connectivity index (χ2n) is 3.81. The highest BCUT2D eigenvalue weighted by molar-refractivity contribution is 5.89. The van der Waals surface area contributed by atoms with Crippen LogP contribution in [-0.2, 0) is 9.59 Å². The van der Waals surface area contributed by atoms with Crippen LogP contribution in [0.15, 0.2) is 35.4 Å². The fraction of sp³-hybridized carbons (Fsp3) is 0.250. The molecule has 1 aliphatic rings. The molecule has 0 saturated heterocycles. The van der Waals surface area contributed by atoms with Crippen LogP contribution in [0, 0.1) is 0 Å². The lowest BCUT2D eigenvalue weighted by Gasteiger charge is -2.26. The molecule has 2 amide bonds. The van der Waals surface area contributed by atoms with Crippen molar-refractivity contribution in [1.82, 2.24) is 9.91 Å². The van der Waals surface area contributed by atoms with Gasteiger partial charge in [-0.1, -0.05) is 30.3 Å². The smallest absolute Gasteiger partial charge is 0.241 e. The van der Waals surface area contributed by atoms with Crippen LogP contribution in [0.5, 0.6) is 0 Å². The first-order valence-corrected chi connectivity index (χ1v) is 5.29. The first-order valence-electron chi connectivity index (χ1n) is 5.29. The third kappa shape index (κ3) is 2.04. The van der Waals surface area contributed by atoms with Gasteiger partial charge >= 0.3 is 0 Å². The van der Waals surface area contributed by atoms with Gasteiger partial charge in [-0.15, -0.1) is 0 Å². The minimum absolute atomic E-state index is 0.147. The largest absolute Gasteiger partial charge is 0.275 e. The molecular weight excluding hydrogens is 218 g/mol. The van der Waals surface area contributed by atoms with Crippen LogP contribution in [0.4, 0.5) is 0 Å². The van der Waals surface area contributed by atoms with Crippen LogP contribution in [0.2, 0.25) is 0 Å². The summed E-state index contributed by atoms with van der Waals surface area (Å²) in [6.07, 6.45) is 0.924. The van der Waals surface area contributed by atoms with E-state index in [1.54, 1.807) is 0 Å². The summed E-state index contributed by atoms with van der Waals surface area (Å²) in [6, 6.07) is 9.35. The quantitative estimate of drug-likeness (QED) is 0.732. The summed E-state index contributed by atoms with van der Waals surface area (Å²) in [5.41, 5.74) is 0.857. The third-order valence-corrected chi connectivity index (χ3v) is 2.58. The summed E-state index contributed by atoms with van der Waals surface area (Å²) < 4.78 is 0. The number of carbonyl (C=O) groups is 2. The van der Waals surface area contributed by atoms with Crippen LogP contribution >= 0.6 is 0 Å². The molecule has 0 aromatic heterocycles. The summed E-state index contributed by atoms with van der Waals surface area (Å²) in [5.74, 6) is -0.342. The lowest BCUT2D eigenvalue weighted by atomic mass is 10.1. The van der Waals surface area contributed by atoms with E-state index in [9.17, 15) is 9.59 Å². The Morgan fingerprint density at radius 3 is 2.29 bits per heavy atom. The van der Waals surface area contributed by atoms with Crippen molar-refractivity contribution in [2.75, 3.05) is 0 Å². The van der Waals surface area contributed by atoms with E-state index in [-0.39, 0.29) is 11.8 Å². The Bertz CT molecular complexity index is 446. The van der Waals surface area contributed by atoms with Gasteiger partial charge in [-0.2, -0.15) is 5.10 Å². The lowest BCUT2D eigenvalue weighted by Crippen LogP contribution is -2.36. The number of hydrazone groups is 1. The Labute approximate surface area is 99.3 Å². The molecule has 2 rings (SSSR count). The maximum absolute atomic E-state index is 11.5. The second-order valence-corrected chi connectivity index (χ2v) is 3.81. The molecule has 1 aliphatic heterocycles. The highest BCUT2D eigenvalue weighted by Gasteiger charge is 2.34. The van der Waals surface area contributed by atoms with Gasteiger partial charge in [0.25, 0.3) is 0 Å². The van der Waals surface area contributed by atoms with E-state index in [4.69, 9.17) is 0 Å². The van der Waals surface area contributed by atoms with E-state index in [2.05, 4.69) is 5.10 Å². The lowest BCUT2D eigenvalue weighted by molar-refractivity contribution is -0.136. The first-order chi connectivity index (χ1) is 8.11. The number of carbonyl (C=O) groups excluding carboxylic acids is 2. The van der Waals surface area contributed by atoms with E-state index in [0.717, 1.165) is 5.56 Å². The Kier molecular flexibility index (Phi) is 2.91. The Balaban J connectivity index is 2.39. The highest BCUT2D eigenvalue weighted by Crippen LogP contribution is 2.28. The molecule has 1 atom stereocenters. The third-order valence-electron chi connectivity index (χ3n) is 2.58. The van der Waals surface area contributed by atoms with Crippen molar-refractivity contribution in [3.05, 3.63) is 35.9 Å². The summed E-state index contributed by atoms with van der Waals surface area (Å²) in [4.78, 5) is 24.4. The van der Waals surface area contributed by atoms with Gasteiger partial charge in [0.15, 0.2) is 6.17 Å². The zero-order chi connectivity index (χ0) is 12.4. The minimum Gasteiger partial charge on any atom is -0.275 e. The van der Waals surface area contributed by atoms with E-state index in [0.29, 0.717) is 0 Å². The van der Waals surface area contributed by atoms with Gasteiger partial charge < -0.3 is 0 Å². The number of amides is 2. The van der Waals surface area contributed by atoms with E-state index in [1.165, 1.54) is 30.1 Å². The van der Waals surface area contributed by atoms with Gasteiger partial charge in [0.1, 0.15) is 6.34 Å². The normalized spacial score (nSPS) is 18.6. The van der Waals surface area contributed by atoms with Crippen molar-refractivity contribution in [2.45, 2.75) is 20.0 Å². The minimum atomic E-state index is -0.466.